The number of aromatic nitrogens is 2. The Kier molecular flexibility index (Phi) is 5.24. The summed E-state index contributed by atoms with van der Waals surface area (Å²) in [7, 11) is 2.90. The Hall–Kier alpha value is -1.92. The zero-order chi connectivity index (χ0) is 15.3. The van der Waals surface area contributed by atoms with Gasteiger partial charge < -0.3 is 14.2 Å². The number of nitrogens with zero attached hydrogens (tertiary/aromatic N) is 2. The Morgan fingerprint density at radius 1 is 1.30 bits per heavy atom. The molecule has 1 unspecified atom stereocenters. The maximum Gasteiger partial charge on any atom is 0.319 e. The van der Waals surface area contributed by atoms with Gasteiger partial charge in [0, 0.05) is 18.9 Å². The first-order valence-corrected chi connectivity index (χ1v) is 6.06. The minimum absolute atomic E-state index is 0.101. The number of carbonyl (C=O) groups excluding carboxylic acids is 1. The fraction of sp³-hybridized carbons (Fsp3) is 0.615. The van der Waals surface area contributed by atoms with Crippen molar-refractivity contribution in [2.75, 3.05) is 20.9 Å². The van der Waals surface area contributed by atoms with Crippen LogP contribution >= 0.6 is 0 Å². The maximum atomic E-state index is 13.2. The van der Waals surface area contributed by atoms with Crippen molar-refractivity contribution in [2.24, 2.45) is 0 Å². The molecule has 0 radical (unpaired) electrons. The summed E-state index contributed by atoms with van der Waals surface area (Å²) in [6.45, 7) is 3.68. The summed E-state index contributed by atoms with van der Waals surface area (Å²) < 4.78 is 28.3. The summed E-state index contributed by atoms with van der Waals surface area (Å²) in [4.78, 5) is 19.3. The molecule has 0 saturated heterocycles. The van der Waals surface area contributed by atoms with Crippen LogP contribution < -0.4 is 9.47 Å². The second-order valence-electron chi connectivity index (χ2n) is 4.65. The SMILES string of the molecule is COc1nc(CC(C)(CF)OC(C)=O)c(C)c(OC)n1. The number of methoxy groups -OCH3 is 2. The second-order valence-corrected chi connectivity index (χ2v) is 4.65. The number of esters is 1. The van der Waals surface area contributed by atoms with E-state index >= 15 is 0 Å². The van der Waals surface area contributed by atoms with Gasteiger partial charge in [-0.2, -0.15) is 9.97 Å². The number of hydrogen-bond donors (Lipinski definition) is 0. The van der Waals surface area contributed by atoms with Crippen molar-refractivity contribution >= 4 is 5.97 Å². The van der Waals surface area contributed by atoms with Crippen LogP contribution in [0.3, 0.4) is 0 Å². The highest BCUT2D eigenvalue weighted by Gasteiger charge is 2.31. The van der Waals surface area contributed by atoms with E-state index in [9.17, 15) is 9.18 Å². The molecule has 1 heterocycles. The van der Waals surface area contributed by atoms with Crippen LogP contribution in [0.4, 0.5) is 4.39 Å². The fourth-order valence-electron chi connectivity index (χ4n) is 1.79. The van der Waals surface area contributed by atoms with Crippen LogP contribution in [0.2, 0.25) is 0 Å². The molecule has 0 spiro atoms. The third-order valence-electron chi connectivity index (χ3n) is 2.77. The van der Waals surface area contributed by atoms with E-state index in [4.69, 9.17) is 14.2 Å². The van der Waals surface area contributed by atoms with Crippen LogP contribution in [0, 0.1) is 6.92 Å². The first kappa shape index (κ1) is 16.1. The topological polar surface area (TPSA) is 70.5 Å². The summed E-state index contributed by atoms with van der Waals surface area (Å²) in [5, 5.41) is 0. The van der Waals surface area contributed by atoms with Crippen molar-refractivity contribution in [1.82, 2.24) is 9.97 Å². The van der Waals surface area contributed by atoms with Crippen LogP contribution in [0.25, 0.3) is 0 Å². The van der Waals surface area contributed by atoms with Crippen LogP contribution in [-0.2, 0) is 16.0 Å². The molecule has 0 aliphatic carbocycles. The molecule has 112 valence electrons. The fourth-order valence-corrected chi connectivity index (χ4v) is 1.79. The average molecular weight is 286 g/mol. The largest absolute Gasteiger partial charge is 0.481 e. The minimum Gasteiger partial charge on any atom is -0.481 e. The van der Waals surface area contributed by atoms with Gasteiger partial charge in [-0.3, -0.25) is 4.79 Å². The molecule has 0 amide bonds. The van der Waals surface area contributed by atoms with E-state index in [1.165, 1.54) is 28.1 Å². The lowest BCUT2D eigenvalue weighted by Gasteiger charge is -2.26. The normalized spacial score (nSPS) is 13.5. The van der Waals surface area contributed by atoms with Crippen molar-refractivity contribution in [1.29, 1.82) is 0 Å². The molecule has 0 aromatic carbocycles. The summed E-state index contributed by atoms with van der Waals surface area (Å²) in [5.74, 6) is -0.202. The molecule has 0 fully saturated rings. The first-order chi connectivity index (χ1) is 9.35. The molecule has 7 heteroatoms. The summed E-state index contributed by atoms with van der Waals surface area (Å²) in [6, 6.07) is 0.117. The number of alkyl halides is 1. The molecule has 0 aliphatic heterocycles. The van der Waals surface area contributed by atoms with E-state index in [2.05, 4.69) is 9.97 Å². The molecule has 0 N–H and O–H groups in total. The maximum absolute atomic E-state index is 13.2. The third-order valence-corrected chi connectivity index (χ3v) is 2.77. The second kappa shape index (κ2) is 6.49. The van der Waals surface area contributed by atoms with Gasteiger partial charge in [0.05, 0.1) is 19.9 Å². The average Bonchev–Trinajstić information content (AvgIpc) is 2.40. The molecule has 0 saturated carbocycles. The van der Waals surface area contributed by atoms with Gasteiger partial charge in [0.15, 0.2) is 0 Å². The molecular weight excluding hydrogens is 267 g/mol. The zero-order valence-electron chi connectivity index (χ0n) is 12.3. The van der Waals surface area contributed by atoms with Crippen molar-refractivity contribution < 1.29 is 23.4 Å². The van der Waals surface area contributed by atoms with Gasteiger partial charge in [-0.05, 0) is 13.8 Å². The number of rotatable bonds is 6. The molecule has 20 heavy (non-hydrogen) atoms. The standard InChI is InChI=1S/C13H19FN2O4/c1-8-10(6-13(3,7-14)20-9(2)17)15-12(19-5)16-11(8)18-4/h6-7H2,1-5H3. The van der Waals surface area contributed by atoms with Crippen molar-refractivity contribution in [3.8, 4) is 11.9 Å². The van der Waals surface area contributed by atoms with Gasteiger partial charge in [0.1, 0.15) is 12.3 Å². The molecule has 1 rings (SSSR count). The molecule has 1 aromatic heterocycles. The van der Waals surface area contributed by atoms with E-state index in [0.29, 0.717) is 17.1 Å². The lowest BCUT2D eigenvalue weighted by molar-refractivity contribution is -0.156. The van der Waals surface area contributed by atoms with E-state index in [-0.39, 0.29) is 12.4 Å². The van der Waals surface area contributed by atoms with Crippen LogP contribution in [-0.4, -0.2) is 42.4 Å². The smallest absolute Gasteiger partial charge is 0.319 e. The monoisotopic (exact) mass is 286 g/mol. The van der Waals surface area contributed by atoms with Gasteiger partial charge in [0.2, 0.25) is 5.88 Å². The summed E-state index contributed by atoms with van der Waals surface area (Å²) >= 11 is 0. The predicted octanol–water partition coefficient (Wildman–Crippen LogP) is 1.64. The van der Waals surface area contributed by atoms with Crippen molar-refractivity contribution in [3.05, 3.63) is 11.3 Å². The van der Waals surface area contributed by atoms with Gasteiger partial charge in [-0.1, -0.05) is 0 Å². The van der Waals surface area contributed by atoms with Crippen LogP contribution in [0.5, 0.6) is 11.9 Å². The third kappa shape index (κ3) is 3.79. The Bertz CT molecular complexity index is 496. The molecular formula is C13H19FN2O4. The lowest BCUT2D eigenvalue weighted by Crippen LogP contribution is -2.36. The van der Waals surface area contributed by atoms with Crippen molar-refractivity contribution in [3.63, 3.8) is 0 Å². The highest BCUT2D eigenvalue weighted by molar-refractivity contribution is 5.66. The predicted molar refractivity (Wildman–Crippen MR) is 69.7 cm³/mol. The summed E-state index contributed by atoms with van der Waals surface area (Å²) in [6.07, 6.45) is 0.101. The van der Waals surface area contributed by atoms with Gasteiger partial charge >= 0.3 is 12.0 Å². The first-order valence-electron chi connectivity index (χ1n) is 6.06. The number of carbonyl (C=O) groups is 1. The molecule has 1 aromatic rings. The van der Waals surface area contributed by atoms with E-state index < -0.39 is 18.2 Å². The highest BCUT2D eigenvalue weighted by atomic mass is 19.1. The number of hydrogen-bond acceptors (Lipinski definition) is 6. The summed E-state index contributed by atoms with van der Waals surface area (Å²) in [5.41, 5.74) is -0.115. The van der Waals surface area contributed by atoms with Crippen LogP contribution in [0.1, 0.15) is 25.1 Å². The molecule has 1 atom stereocenters. The molecule has 0 bridgehead atoms. The quantitative estimate of drug-likeness (QED) is 0.740. The lowest BCUT2D eigenvalue weighted by atomic mass is 9.99. The Balaban J connectivity index is 3.15. The molecule has 0 aliphatic rings. The minimum atomic E-state index is -1.28. The van der Waals surface area contributed by atoms with Gasteiger partial charge in [0.25, 0.3) is 0 Å². The van der Waals surface area contributed by atoms with Crippen LogP contribution in [0.15, 0.2) is 0 Å². The number of ether oxygens (including phenoxy) is 3. The van der Waals surface area contributed by atoms with E-state index in [1.807, 2.05) is 0 Å². The zero-order valence-corrected chi connectivity index (χ0v) is 12.3. The van der Waals surface area contributed by atoms with E-state index in [0.717, 1.165) is 0 Å². The van der Waals surface area contributed by atoms with Crippen molar-refractivity contribution in [2.45, 2.75) is 32.8 Å². The number of halogens is 1. The van der Waals surface area contributed by atoms with Gasteiger partial charge in [-0.25, -0.2) is 4.39 Å². The Morgan fingerprint density at radius 2 is 1.95 bits per heavy atom. The molecule has 6 nitrogen and oxygen atoms in total. The van der Waals surface area contributed by atoms with Gasteiger partial charge in [-0.15, -0.1) is 0 Å². The Morgan fingerprint density at radius 3 is 2.40 bits per heavy atom. The van der Waals surface area contributed by atoms with E-state index in [1.54, 1.807) is 6.92 Å². The highest BCUT2D eigenvalue weighted by Crippen LogP contribution is 2.26. The Labute approximate surface area is 117 Å².